The molecule has 1 amide bonds. The summed E-state index contributed by atoms with van der Waals surface area (Å²) in [6.45, 7) is 5.71. The van der Waals surface area contributed by atoms with Gasteiger partial charge in [-0.05, 0) is 79.7 Å². The van der Waals surface area contributed by atoms with E-state index in [1.54, 1.807) is 53.2 Å². The van der Waals surface area contributed by atoms with Gasteiger partial charge in [0.25, 0.3) is 5.91 Å². The molecule has 28 heavy (non-hydrogen) atoms. The Morgan fingerprint density at radius 2 is 1.68 bits per heavy atom. The van der Waals surface area contributed by atoms with Crippen LogP contribution in [0.2, 0.25) is 0 Å². The van der Waals surface area contributed by atoms with Gasteiger partial charge in [-0.25, -0.2) is 4.68 Å². The molecule has 0 aliphatic carbocycles. The van der Waals surface area contributed by atoms with Crippen LogP contribution in [0.4, 0.5) is 5.69 Å². The largest absolute Gasteiger partial charge is 0.486 e. The summed E-state index contributed by atoms with van der Waals surface area (Å²) in [6.07, 6.45) is 0. The standard InChI is InChI=1S/C20H21N5O3/c1-13(2)25-19(22-23-24-25)12-28-18-10-6-16(7-11-18)20(27)21-17-8-4-15(5-9-17)14(3)26/h4-11,13H,12H2,1-3H3,(H,21,27). The van der Waals surface area contributed by atoms with Crippen LogP contribution in [0.15, 0.2) is 48.5 Å². The lowest BCUT2D eigenvalue weighted by molar-refractivity contribution is 0.101. The molecule has 0 fully saturated rings. The second-order valence-corrected chi connectivity index (χ2v) is 6.53. The summed E-state index contributed by atoms with van der Waals surface area (Å²) >= 11 is 0. The summed E-state index contributed by atoms with van der Waals surface area (Å²) in [7, 11) is 0. The van der Waals surface area contributed by atoms with Gasteiger partial charge in [0.15, 0.2) is 11.6 Å². The average molecular weight is 379 g/mol. The number of hydrogen-bond acceptors (Lipinski definition) is 6. The van der Waals surface area contributed by atoms with Crippen LogP contribution in [-0.2, 0) is 6.61 Å². The van der Waals surface area contributed by atoms with Crippen LogP contribution in [-0.4, -0.2) is 31.9 Å². The third-order valence-corrected chi connectivity index (χ3v) is 4.08. The highest BCUT2D eigenvalue weighted by molar-refractivity contribution is 6.04. The van der Waals surface area contributed by atoms with Crippen molar-refractivity contribution in [1.29, 1.82) is 0 Å². The number of hydrogen-bond donors (Lipinski definition) is 1. The molecule has 0 aliphatic rings. The maximum absolute atomic E-state index is 12.4. The molecular weight excluding hydrogens is 358 g/mol. The quantitative estimate of drug-likeness (QED) is 0.633. The molecule has 0 saturated heterocycles. The van der Waals surface area contributed by atoms with Crippen LogP contribution < -0.4 is 10.1 Å². The Morgan fingerprint density at radius 3 is 2.29 bits per heavy atom. The molecule has 0 spiro atoms. The number of tetrazole rings is 1. The SMILES string of the molecule is CC(=O)c1ccc(NC(=O)c2ccc(OCc3nnnn3C(C)C)cc2)cc1. The van der Waals surface area contributed by atoms with Gasteiger partial charge in [-0.15, -0.1) is 5.10 Å². The highest BCUT2D eigenvalue weighted by Gasteiger charge is 2.11. The molecule has 1 aromatic heterocycles. The molecule has 0 bridgehead atoms. The molecule has 144 valence electrons. The van der Waals surface area contributed by atoms with E-state index < -0.39 is 0 Å². The molecule has 0 saturated carbocycles. The maximum atomic E-state index is 12.4. The van der Waals surface area contributed by atoms with Crippen LogP contribution in [0.3, 0.4) is 0 Å². The van der Waals surface area contributed by atoms with Crippen molar-refractivity contribution < 1.29 is 14.3 Å². The number of nitrogens with zero attached hydrogens (tertiary/aromatic N) is 4. The summed E-state index contributed by atoms with van der Waals surface area (Å²) in [4.78, 5) is 23.7. The van der Waals surface area contributed by atoms with E-state index in [0.717, 1.165) is 0 Å². The van der Waals surface area contributed by atoms with Gasteiger partial charge in [-0.2, -0.15) is 0 Å². The monoisotopic (exact) mass is 379 g/mol. The number of Topliss-reactive ketones (excluding diaryl/α,β-unsaturated/α-hetero) is 1. The van der Waals surface area contributed by atoms with E-state index >= 15 is 0 Å². The molecule has 3 rings (SSSR count). The third-order valence-electron chi connectivity index (χ3n) is 4.08. The van der Waals surface area contributed by atoms with Crippen molar-refractivity contribution in [3.8, 4) is 5.75 Å². The van der Waals surface area contributed by atoms with E-state index in [2.05, 4.69) is 20.8 Å². The van der Waals surface area contributed by atoms with Crippen LogP contribution in [0.5, 0.6) is 5.75 Å². The number of carbonyl (C=O) groups excluding carboxylic acids is 2. The zero-order valence-electron chi connectivity index (χ0n) is 15.9. The number of amides is 1. The number of ketones is 1. The van der Waals surface area contributed by atoms with Crippen molar-refractivity contribution in [2.75, 3.05) is 5.32 Å². The van der Waals surface area contributed by atoms with Gasteiger partial charge in [0.05, 0.1) is 6.04 Å². The van der Waals surface area contributed by atoms with Crippen molar-refractivity contribution in [1.82, 2.24) is 20.2 Å². The van der Waals surface area contributed by atoms with Gasteiger partial charge in [0, 0.05) is 16.8 Å². The fourth-order valence-corrected chi connectivity index (χ4v) is 2.55. The minimum atomic E-state index is -0.245. The van der Waals surface area contributed by atoms with E-state index in [1.165, 1.54) is 6.92 Å². The Kier molecular flexibility index (Phi) is 5.78. The molecule has 8 heteroatoms. The lowest BCUT2D eigenvalue weighted by Gasteiger charge is -2.10. The minimum Gasteiger partial charge on any atom is -0.486 e. The van der Waals surface area contributed by atoms with Crippen molar-refractivity contribution in [3.63, 3.8) is 0 Å². The molecule has 8 nitrogen and oxygen atoms in total. The average Bonchev–Trinajstić information content (AvgIpc) is 3.16. The number of anilines is 1. The Morgan fingerprint density at radius 1 is 1.04 bits per heavy atom. The first-order chi connectivity index (χ1) is 13.4. The third kappa shape index (κ3) is 4.59. The van der Waals surface area contributed by atoms with Crippen LogP contribution in [0.1, 0.15) is 53.4 Å². The molecule has 0 unspecified atom stereocenters. The number of carbonyl (C=O) groups is 2. The van der Waals surface area contributed by atoms with Crippen molar-refractivity contribution in [2.24, 2.45) is 0 Å². The fraction of sp³-hybridized carbons (Fsp3) is 0.250. The first kappa shape index (κ1) is 19.2. The number of nitrogens with one attached hydrogen (secondary N) is 1. The summed E-state index contributed by atoms with van der Waals surface area (Å²) in [5.74, 6) is 0.980. The maximum Gasteiger partial charge on any atom is 0.255 e. The molecule has 0 radical (unpaired) electrons. The topological polar surface area (TPSA) is 99.0 Å². The van der Waals surface area contributed by atoms with E-state index in [9.17, 15) is 9.59 Å². The van der Waals surface area contributed by atoms with E-state index in [-0.39, 0.29) is 24.3 Å². The summed E-state index contributed by atoms with van der Waals surface area (Å²) < 4.78 is 7.40. The Hall–Kier alpha value is -3.55. The zero-order valence-corrected chi connectivity index (χ0v) is 15.9. The summed E-state index contributed by atoms with van der Waals surface area (Å²) in [6, 6.07) is 13.7. The number of rotatable bonds is 7. The van der Waals surface area contributed by atoms with Gasteiger partial charge in [0.1, 0.15) is 12.4 Å². The molecule has 3 aromatic rings. The Bertz CT molecular complexity index is 962. The highest BCUT2D eigenvalue weighted by Crippen LogP contribution is 2.16. The number of ether oxygens (including phenoxy) is 1. The second-order valence-electron chi connectivity index (χ2n) is 6.53. The smallest absolute Gasteiger partial charge is 0.255 e. The molecule has 0 atom stereocenters. The lowest BCUT2D eigenvalue weighted by atomic mass is 10.1. The molecule has 2 aromatic carbocycles. The predicted molar refractivity (Wildman–Crippen MR) is 103 cm³/mol. The number of benzene rings is 2. The van der Waals surface area contributed by atoms with Crippen LogP contribution >= 0.6 is 0 Å². The lowest BCUT2D eigenvalue weighted by Crippen LogP contribution is -2.12. The summed E-state index contributed by atoms with van der Waals surface area (Å²) in [5, 5.41) is 14.3. The van der Waals surface area contributed by atoms with E-state index in [1.807, 2.05) is 13.8 Å². The molecule has 1 N–H and O–H groups in total. The number of aromatic nitrogens is 4. The fourth-order valence-electron chi connectivity index (χ4n) is 2.55. The van der Waals surface area contributed by atoms with Gasteiger partial charge < -0.3 is 10.1 Å². The first-order valence-corrected chi connectivity index (χ1v) is 8.86. The van der Waals surface area contributed by atoms with Crippen molar-refractivity contribution in [2.45, 2.75) is 33.4 Å². The first-order valence-electron chi connectivity index (χ1n) is 8.86. The molecule has 1 heterocycles. The predicted octanol–water partition coefficient (Wildman–Crippen LogP) is 3.29. The Labute approximate surface area is 162 Å². The zero-order chi connectivity index (χ0) is 20.1. The Balaban J connectivity index is 1.59. The second kappa shape index (κ2) is 8.43. The van der Waals surface area contributed by atoms with E-state index in [0.29, 0.717) is 28.4 Å². The van der Waals surface area contributed by atoms with Crippen molar-refractivity contribution >= 4 is 17.4 Å². The highest BCUT2D eigenvalue weighted by atomic mass is 16.5. The van der Waals surface area contributed by atoms with Gasteiger partial charge in [-0.3, -0.25) is 9.59 Å². The molecule has 0 aliphatic heterocycles. The van der Waals surface area contributed by atoms with Gasteiger partial charge >= 0.3 is 0 Å². The summed E-state index contributed by atoms with van der Waals surface area (Å²) in [5.41, 5.74) is 1.72. The van der Waals surface area contributed by atoms with E-state index in [4.69, 9.17) is 4.74 Å². The van der Waals surface area contributed by atoms with Gasteiger partial charge in [-0.1, -0.05) is 0 Å². The van der Waals surface area contributed by atoms with Gasteiger partial charge in [0.2, 0.25) is 0 Å². The van der Waals surface area contributed by atoms with Crippen LogP contribution in [0, 0.1) is 0 Å². The van der Waals surface area contributed by atoms with Crippen LogP contribution in [0.25, 0.3) is 0 Å². The molecular formula is C20H21N5O3. The minimum absolute atomic E-state index is 0.0177. The normalized spacial score (nSPS) is 10.7. The van der Waals surface area contributed by atoms with Crippen molar-refractivity contribution in [3.05, 3.63) is 65.5 Å².